The second-order valence-corrected chi connectivity index (χ2v) is 5.37. The minimum Gasteiger partial charge on any atom is -0.497 e. The summed E-state index contributed by atoms with van der Waals surface area (Å²) in [7, 11) is 3.12. The first-order chi connectivity index (χ1) is 11.6. The number of para-hydroxylation sites is 1. The number of aryl methyl sites for hydroxylation is 1. The van der Waals surface area contributed by atoms with Crippen LogP contribution in [-0.4, -0.2) is 20.1 Å². The molecule has 0 spiro atoms. The molecule has 0 aliphatic rings. The van der Waals surface area contributed by atoms with Crippen LogP contribution >= 0.6 is 0 Å². The SMILES string of the molecule is COc1ccc(C[C@H](C#N)C(=O)Nc2ccccc2C)c(OC)c1. The third-order valence-corrected chi connectivity index (χ3v) is 3.79. The summed E-state index contributed by atoms with van der Waals surface area (Å²) in [5.74, 6) is 0.114. The first kappa shape index (κ1) is 17.4. The number of methoxy groups -OCH3 is 2. The number of ether oxygens (including phenoxy) is 2. The maximum atomic E-state index is 12.4. The third-order valence-electron chi connectivity index (χ3n) is 3.79. The van der Waals surface area contributed by atoms with E-state index in [1.807, 2.05) is 37.3 Å². The summed E-state index contributed by atoms with van der Waals surface area (Å²) in [4.78, 5) is 12.4. The van der Waals surface area contributed by atoms with Crippen LogP contribution in [0.3, 0.4) is 0 Å². The van der Waals surface area contributed by atoms with E-state index in [-0.39, 0.29) is 12.3 Å². The fourth-order valence-corrected chi connectivity index (χ4v) is 2.37. The molecule has 0 saturated heterocycles. The topological polar surface area (TPSA) is 71.3 Å². The van der Waals surface area contributed by atoms with Crippen molar-refractivity contribution in [3.63, 3.8) is 0 Å². The van der Waals surface area contributed by atoms with Crippen LogP contribution in [0.25, 0.3) is 0 Å². The van der Waals surface area contributed by atoms with Crippen molar-refractivity contribution in [1.29, 1.82) is 5.26 Å². The zero-order valence-electron chi connectivity index (χ0n) is 14.0. The second kappa shape index (κ2) is 8.02. The zero-order valence-corrected chi connectivity index (χ0v) is 14.0. The highest BCUT2D eigenvalue weighted by Gasteiger charge is 2.21. The van der Waals surface area contributed by atoms with Gasteiger partial charge in [0.15, 0.2) is 0 Å². The first-order valence-corrected chi connectivity index (χ1v) is 7.56. The summed E-state index contributed by atoms with van der Waals surface area (Å²) in [6.45, 7) is 1.91. The second-order valence-electron chi connectivity index (χ2n) is 5.37. The molecule has 5 nitrogen and oxygen atoms in total. The average Bonchev–Trinajstić information content (AvgIpc) is 2.61. The highest BCUT2D eigenvalue weighted by Crippen LogP contribution is 2.27. The summed E-state index contributed by atoms with van der Waals surface area (Å²) in [6, 6.07) is 14.9. The molecule has 0 unspecified atom stereocenters. The van der Waals surface area contributed by atoms with E-state index in [1.165, 1.54) is 0 Å². The predicted molar refractivity (Wildman–Crippen MR) is 92.2 cm³/mol. The van der Waals surface area contributed by atoms with Gasteiger partial charge in [-0.15, -0.1) is 0 Å². The van der Waals surface area contributed by atoms with Gasteiger partial charge < -0.3 is 14.8 Å². The molecule has 0 bridgehead atoms. The molecule has 0 aliphatic heterocycles. The number of nitrogens with one attached hydrogen (secondary N) is 1. The molecule has 1 atom stereocenters. The van der Waals surface area contributed by atoms with Crippen LogP contribution in [0, 0.1) is 24.2 Å². The number of hydrogen-bond donors (Lipinski definition) is 1. The van der Waals surface area contributed by atoms with Gasteiger partial charge in [0.05, 0.1) is 20.3 Å². The smallest absolute Gasteiger partial charge is 0.242 e. The standard InChI is InChI=1S/C19H20N2O3/c1-13-6-4-5-7-17(13)21-19(22)15(12-20)10-14-8-9-16(23-2)11-18(14)24-3/h4-9,11,15H,10H2,1-3H3,(H,21,22)/t15-/m1/s1. The Kier molecular flexibility index (Phi) is 5.80. The Hall–Kier alpha value is -3.00. The number of nitriles is 1. The molecule has 124 valence electrons. The third kappa shape index (κ3) is 4.05. The highest BCUT2D eigenvalue weighted by atomic mass is 16.5. The maximum absolute atomic E-state index is 12.4. The number of amides is 1. The lowest BCUT2D eigenvalue weighted by atomic mass is 9.98. The molecule has 0 fully saturated rings. The molecule has 2 rings (SSSR count). The number of carbonyl (C=O) groups is 1. The first-order valence-electron chi connectivity index (χ1n) is 7.56. The summed E-state index contributed by atoms with van der Waals surface area (Å²) < 4.78 is 10.5. The van der Waals surface area contributed by atoms with E-state index in [4.69, 9.17) is 9.47 Å². The van der Waals surface area contributed by atoms with Gasteiger partial charge in [0.25, 0.3) is 0 Å². The van der Waals surface area contributed by atoms with Crippen LogP contribution in [0.4, 0.5) is 5.69 Å². The summed E-state index contributed by atoms with van der Waals surface area (Å²) in [5.41, 5.74) is 2.44. The Balaban J connectivity index is 2.16. The largest absolute Gasteiger partial charge is 0.497 e. The van der Waals surface area contributed by atoms with Crippen LogP contribution in [0.15, 0.2) is 42.5 Å². The van der Waals surface area contributed by atoms with Gasteiger partial charge in [-0.3, -0.25) is 4.79 Å². The summed E-state index contributed by atoms with van der Waals surface area (Å²) in [5, 5.41) is 12.2. The molecule has 2 aromatic rings. The fourth-order valence-electron chi connectivity index (χ4n) is 2.37. The number of rotatable bonds is 6. The minimum absolute atomic E-state index is 0.265. The lowest BCUT2D eigenvalue weighted by Gasteiger charge is -2.14. The Morgan fingerprint density at radius 3 is 2.58 bits per heavy atom. The van der Waals surface area contributed by atoms with Gasteiger partial charge in [0, 0.05) is 18.2 Å². The summed E-state index contributed by atoms with van der Waals surface area (Å²) >= 11 is 0. The van der Waals surface area contributed by atoms with Crippen molar-refractivity contribution in [2.45, 2.75) is 13.3 Å². The van der Waals surface area contributed by atoms with Gasteiger partial charge in [-0.1, -0.05) is 24.3 Å². The van der Waals surface area contributed by atoms with Gasteiger partial charge in [-0.05, 0) is 30.2 Å². The minimum atomic E-state index is -0.813. The van der Waals surface area contributed by atoms with Crippen molar-refractivity contribution < 1.29 is 14.3 Å². The number of nitrogens with zero attached hydrogens (tertiary/aromatic N) is 1. The van der Waals surface area contributed by atoms with Gasteiger partial charge in [0.2, 0.25) is 5.91 Å². The van der Waals surface area contributed by atoms with Crippen LogP contribution in [0.1, 0.15) is 11.1 Å². The van der Waals surface area contributed by atoms with E-state index in [2.05, 4.69) is 11.4 Å². The number of benzene rings is 2. The van der Waals surface area contributed by atoms with Gasteiger partial charge >= 0.3 is 0 Å². The molecular formula is C19H20N2O3. The molecule has 0 radical (unpaired) electrons. The number of carbonyl (C=O) groups excluding carboxylic acids is 1. The van der Waals surface area contributed by atoms with E-state index in [1.54, 1.807) is 26.4 Å². The lowest BCUT2D eigenvalue weighted by Crippen LogP contribution is -2.24. The van der Waals surface area contributed by atoms with Gasteiger partial charge in [-0.25, -0.2) is 0 Å². The van der Waals surface area contributed by atoms with Crippen LogP contribution in [0.2, 0.25) is 0 Å². The Morgan fingerprint density at radius 1 is 1.21 bits per heavy atom. The zero-order chi connectivity index (χ0) is 17.5. The van der Waals surface area contributed by atoms with Crippen LogP contribution < -0.4 is 14.8 Å². The van der Waals surface area contributed by atoms with E-state index in [0.29, 0.717) is 17.2 Å². The van der Waals surface area contributed by atoms with Gasteiger partial charge in [0.1, 0.15) is 17.4 Å². The lowest BCUT2D eigenvalue weighted by molar-refractivity contribution is -0.118. The van der Waals surface area contributed by atoms with Crippen molar-refractivity contribution in [2.24, 2.45) is 5.92 Å². The Bertz CT molecular complexity index is 765. The molecule has 5 heteroatoms. The maximum Gasteiger partial charge on any atom is 0.242 e. The Labute approximate surface area is 141 Å². The predicted octanol–water partition coefficient (Wildman–Crippen LogP) is 3.33. The van der Waals surface area contributed by atoms with E-state index >= 15 is 0 Å². The molecule has 0 aromatic heterocycles. The molecule has 1 N–H and O–H groups in total. The quantitative estimate of drug-likeness (QED) is 0.884. The van der Waals surface area contributed by atoms with Gasteiger partial charge in [-0.2, -0.15) is 5.26 Å². The highest BCUT2D eigenvalue weighted by molar-refractivity contribution is 5.95. The van der Waals surface area contributed by atoms with Crippen molar-refractivity contribution in [3.8, 4) is 17.6 Å². The number of hydrogen-bond acceptors (Lipinski definition) is 4. The molecule has 0 aliphatic carbocycles. The molecule has 2 aromatic carbocycles. The molecule has 0 saturated carbocycles. The van der Waals surface area contributed by atoms with E-state index in [9.17, 15) is 10.1 Å². The molecular weight excluding hydrogens is 304 g/mol. The number of anilines is 1. The summed E-state index contributed by atoms with van der Waals surface area (Å²) in [6.07, 6.45) is 0.265. The fraction of sp³-hybridized carbons (Fsp3) is 0.263. The Morgan fingerprint density at radius 2 is 1.96 bits per heavy atom. The average molecular weight is 324 g/mol. The monoisotopic (exact) mass is 324 g/mol. The van der Waals surface area contributed by atoms with E-state index < -0.39 is 5.92 Å². The van der Waals surface area contributed by atoms with Crippen molar-refractivity contribution in [3.05, 3.63) is 53.6 Å². The molecule has 0 heterocycles. The van der Waals surface area contributed by atoms with Crippen molar-refractivity contribution in [1.82, 2.24) is 0 Å². The normalized spacial score (nSPS) is 11.2. The van der Waals surface area contributed by atoms with Crippen LogP contribution in [-0.2, 0) is 11.2 Å². The van der Waals surface area contributed by atoms with Crippen molar-refractivity contribution in [2.75, 3.05) is 19.5 Å². The molecule has 1 amide bonds. The van der Waals surface area contributed by atoms with Crippen molar-refractivity contribution >= 4 is 11.6 Å². The van der Waals surface area contributed by atoms with Crippen LogP contribution in [0.5, 0.6) is 11.5 Å². The van der Waals surface area contributed by atoms with E-state index in [0.717, 1.165) is 11.1 Å². The molecule has 24 heavy (non-hydrogen) atoms.